The second-order valence-corrected chi connectivity index (χ2v) is 4.62. The Hall–Kier alpha value is -1.79. The molecule has 0 saturated heterocycles. The first-order valence-electron chi connectivity index (χ1n) is 6.17. The van der Waals surface area contributed by atoms with Gasteiger partial charge in [-0.15, -0.1) is 0 Å². The summed E-state index contributed by atoms with van der Waals surface area (Å²) in [6, 6.07) is -1.38. The van der Waals surface area contributed by atoms with E-state index in [0.717, 1.165) is 4.90 Å². The molecule has 19 heavy (non-hydrogen) atoms. The first-order valence-corrected chi connectivity index (χ1v) is 6.17. The number of hydrogen-bond donors (Lipinski definition) is 1. The molecule has 0 aromatic rings. The number of likely N-dealkylation sites (N-methyl/N-ethyl adjacent to an activating group) is 2. The number of carbonyl (C=O) groups excluding carboxylic acids is 2. The minimum Gasteiger partial charge on any atom is -0.480 e. The topological polar surface area (TPSA) is 81.2 Å². The number of carboxylic acids is 1. The van der Waals surface area contributed by atoms with Crippen molar-refractivity contribution in [3.63, 3.8) is 0 Å². The van der Waals surface area contributed by atoms with E-state index in [9.17, 15) is 14.4 Å². The molecule has 1 atom stereocenters. The zero-order chi connectivity index (χ0) is 15.2. The molecular formula is C12H23N3O4. The molecule has 1 N–H and O–H groups in total. The van der Waals surface area contributed by atoms with Crippen LogP contribution in [0, 0.1) is 0 Å². The Kier molecular flexibility index (Phi) is 6.89. The molecule has 0 aromatic heterocycles. The van der Waals surface area contributed by atoms with Gasteiger partial charge in [0.05, 0.1) is 0 Å². The molecular weight excluding hydrogens is 250 g/mol. The number of carbonyl (C=O) groups is 3. The largest absolute Gasteiger partial charge is 0.480 e. The molecule has 0 aliphatic rings. The maximum atomic E-state index is 12.2. The minimum atomic E-state index is -1.08. The molecule has 7 heteroatoms. The van der Waals surface area contributed by atoms with Crippen LogP contribution in [0.5, 0.6) is 0 Å². The lowest BCUT2D eigenvalue weighted by Crippen LogP contribution is -2.50. The van der Waals surface area contributed by atoms with Crippen LogP contribution in [0.15, 0.2) is 0 Å². The summed E-state index contributed by atoms with van der Waals surface area (Å²) in [6.07, 6.45) is 0.696. The summed E-state index contributed by atoms with van der Waals surface area (Å²) in [5.74, 6) is -1.27. The van der Waals surface area contributed by atoms with E-state index in [1.54, 1.807) is 14.1 Å². The summed E-state index contributed by atoms with van der Waals surface area (Å²) in [5, 5.41) is 8.90. The van der Waals surface area contributed by atoms with Gasteiger partial charge in [0.2, 0.25) is 5.91 Å². The van der Waals surface area contributed by atoms with E-state index < -0.39 is 18.0 Å². The summed E-state index contributed by atoms with van der Waals surface area (Å²) in [6.45, 7) is 3.69. The van der Waals surface area contributed by atoms with Gasteiger partial charge in [-0.25, -0.2) is 9.59 Å². The Morgan fingerprint density at radius 3 is 2.05 bits per heavy atom. The van der Waals surface area contributed by atoms with Crippen molar-refractivity contribution in [1.29, 1.82) is 0 Å². The maximum Gasteiger partial charge on any atom is 0.326 e. The highest BCUT2D eigenvalue weighted by Crippen LogP contribution is 2.04. The average molecular weight is 273 g/mol. The van der Waals surface area contributed by atoms with E-state index >= 15 is 0 Å². The molecule has 0 radical (unpaired) electrons. The first kappa shape index (κ1) is 17.2. The van der Waals surface area contributed by atoms with Gasteiger partial charge in [0.25, 0.3) is 0 Å². The van der Waals surface area contributed by atoms with Gasteiger partial charge in [0.1, 0.15) is 12.6 Å². The van der Waals surface area contributed by atoms with Crippen LogP contribution in [-0.2, 0) is 9.59 Å². The van der Waals surface area contributed by atoms with Crippen LogP contribution in [-0.4, -0.2) is 78.0 Å². The van der Waals surface area contributed by atoms with Crippen molar-refractivity contribution in [3.8, 4) is 0 Å². The van der Waals surface area contributed by atoms with E-state index in [-0.39, 0.29) is 12.5 Å². The van der Waals surface area contributed by atoms with Crippen molar-refractivity contribution >= 4 is 17.9 Å². The number of rotatable bonds is 6. The fourth-order valence-corrected chi connectivity index (χ4v) is 1.37. The predicted octanol–water partition coefficient (Wildman–Crippen LogP) is 0.312. The highest BCUT2D eigenvalue weighted by Gasteiger charge is 2.27. The zero-order valence-corrected chi connectivity index (χ0v) is 12.2. The molecule has 0 bridgehead atoms. The number of aliphatic carboxylic acids is 1. The van der Waals surface area contributed by atoms with E-state index in [1.807, 2.05) is 6.92 Å². The minimum absolute atomic E-state index is 0.0453. The van der Waals surface area contributed by atoms with Crippen molar-refractivity contribution in [2.75, 3.05) is 34.2 Å². The molecule has 7 nitrogen and oxygen atoms in total. The third-order valence-electron chi connectivity index (χ3n) is 2.83. The van der Waals surface area contributed by atoms with Gasteiger partial charge in [0.15, 0.2) is 0 Å². The van der Waals surface area contributed by atoms with Crippen LogP contribution in [0.4, 0.5) is 4.79 Å². The van der Waals surface area contributed by atoms with Crippen LogP contribution in [0.2, 0.25) is 0 Å². The second kappa shape index (κ2) is 7.60. The normalized spacial score (nSPS) is 11.6. The smallest absolute Gasteiger partial charge is 0.326 e. The molecule has 0 heterocycles. The summed E-state index contributed by atoms with van der Waals surface area (Å²) in [7, 11) is 4.64. The van der Waals surface area contributed by atoms with E-state index in [0.29, 0.717) is 13.0 Å². The van der Waals surface area contributed by atoms with Gasteiger partial charge in [-0.05, 0) is 13.3 Å². The number of amides is 3. The summed E-state index contributed by atoms with van der Waals surface area (Å²) in [5.41, 5.74) is 0. The standard InChI is InChI=1S/C12H23N3O4/c1-6-7-15(8-10(16)13(3)4)12(19)14(5)9(2)11(17)18/h9H,6-8H2,1-5H3,(H,17,18). The zero-order valence-electron chi connectivity index (χ0n) is 12.2. The molecule has 0 aliphatic carbocycles. The molecule has 0 aromatic carbocycles. The Labute approximate surface area is 113 Å². The Balaban J connectivity index is 4.83. The van der Waals surface area contributed by atoms with Crippen molar-refractivity contribution in [2.24, 2.45) is 0 Å². The molecule has 0 rings (SSSR count). The van der Waals surface area contributed by atoms with Crippen LogP contribution >= 0.6 is 0 Å². The van der Waals surface area contributed by atoms with E-state index in [2.05, 4.69) is 0 Å². The number of carboxylic acid groups (broad SMARTS) is 1. The van der Waals surface area contributed by atoms with Crippen molar-refractivity contribution in [3.05, 3.63) is 0 Å². The van der Waals surface area contributed by atoms with Crippen molar-refractivity contribution in [1.82, 2.24) is 14.7 Å². The maximum absolute atomic E-state index is 12.2. The average Bonchev–Trinajstić information content (AvgIpc) is 2.35. The third-order valence-corrected chi connectivity index (χ3v) is 2.83. The van der Waals surface area contributed by atoms with Crippen LogP contribution in [0.3, 0.4) is 0 Å². The highest BCUT2D eigenvalue weighted by atomic mass is 16.4. The lowest BCUT2D eigenvalue weighted by Gasteiger charge is -2.30. The Morgan fingerprint density at radius 2 is 1.68 bits per heavy atom. The van der Waals surface area contributed by atoms with Gasteiger partial charge >= 0.3 is 12.0 Å². The summed E-state index contributed by atoms with van der Waals surface area (Å²) < 4.78 is 0. The fraction of sp³-hybridized carbons (Fsp3) is 0.750. The van der Waals surface area contributed by atoms with Crippen LogP contribution in [0.25, 0.3) is 0 Å². The van der Waals surface area contributed by atoms with Crippen molar-refractivity contribution < 1.29 is 19.5 Å². The molecule has 0 saturated carbocycles. The van der Waals surface area contributed by atoms with E-state index in [1.165, 1.54) is 23.8 Å². The monoisotopic (exact) mass is 273 g/mol. The number of urea groups is 1. The van der Waals surface area contributed by atoms with E-state index in [4.69, 9.17) is 5.11 Å². The molecule has 1 unspecified atom stereocenters. The Bertz CT molecular complexity index is 344. The molecule has 0 spiro atoms. The third kappa shape index (κ3) is 5.15. The molecule has 110 valence electrons. The predicted molar refractivity (Wildman–Crippen MR) is 70.8 cm³/mol. The number of hydrogen-bond acceptors (Lipinski definition) is 3. The molecule has 0 aliphatic heterocycles. The second-order valence-electron chi connectivity index (χ2n) is 4.62. The Morgan fingerprint density at radius 1 is 1.16 bits per heavy atom. The quantitative estimate of drug-likeness (QED) is 0.755. The fourth-order valence-electron chi connectivity index (χ4n) is 1.37. The molecule has 0 fully saturated rings. The lowest BCUT2D eigenvalue weighted by atomic mass is 10.3. The summed E-state index contributed by atoms with van der Waals surface area (Å²) in [4.78, 5) is 38.6. The first-order chi connectivity index (χ1) is 8.72. The van der Waals surface area contributed by atoms with Gasteiger partial charge in [-0.3, -0.25) is 4.79 Å². The highest BCUT2D eigenvalue weighted by molar-refractivity contribution is 5.86. The van der Waals surface area contributed by atoms with Crippen molar-refractivity contribution in [2.45, 2.75) is 26.3 Å². The van der Waals surface area contributed by atoms with Crippen LogP contribution in [0.1, 0.15) is 20.3 Å². The molecule has 3 amide bonds. The van der Waals surface area contributed by atoms with Gasteiger partial charge < -0.3 is 19.8 Å². The summed E-state index contributed by atoms with van der Waals surface area (Å²) >= 11 is 0. The van der Waals surface area contributed by atoms with Gasteiger partial charge in [-0.1, -0.05) is 6.92 Å². The lowest BCUT2D eigenvalue weighted by molar-refractivity contribution is -0.141. The van der Waals surface area contributed by atoms with Gasteiger partial charge in [0, 0.05) is 27.7 Å². The van der Waals surface area contributed by atoms with Crippen LogP contribution < -0.4 is 0 Å². The van der Waals surface area contributed by atoms with Gasteiger partial charge in [-0.2, -0.15) is 0 Å². The number of nitrogens with zero attached hydrogens (tertiary/aromatic N) is 3. The SMILES string of the molecule is CCCN(CC(=O)N(C)C)C(=O)N(C)C(C)C(=O)O.